The Morgan fingerprint density at radius 3 is 2.80 bits per heavy atom. The van der Waals surface area contributed by atoms with Gasteiger partial charge in [0.25, 0.3) is 5.91 Å². The average Bonchev–Trinajstić information content (AvgIpc) is 3.10. The number of nitrogens with zero attached hydrogens (tertiary/aromatic N) is 1. The fourth-order valence-corrected chi connectivity index (χ4v) is 10.5. The van der Waals surface area contributed by atoms with Crippen LogP contribution in [0.15, 0.2) is 36.4 Å². The monoisotopic (exact) mass is 596 g/mol. The van der Waals surface area contributed by atoms with E-state index in [0.717, 1.165) is 80.9 Å². The van der Waals surface area contributed by atoms with Crippen molar-refractivity contribution in [2.24, 2.45) is 17.8 Å². The number of fused-ring (bicyclic) bond motifs is 6. The molecule has 2 aromatic carbocycles. The predicted molar refractivity (Wildman–Crippen MR) is 166 cm³/mol. The molecule has 1 N–H and O–H groups in total. The fourth-order valence-electron chi connectivity index (χ4n) is 8.63. The Labute approximate surface area is 249 Å². The third kappa shape index (κ3) is 4.86. The number of halogens is 1. The first-order valence-electron chi connectivity index (χ1n) is 15.3. The lowest BCUT2D eigenvalue weighted by Gasteiger charge is -2.49. The van der Waals surface area contributed by atoms with Crippen LogP contribution in [-0.4, -0.2) is 54.1 Å². The van der Waals surface area contributed by atoms with Crippen molar-refractivity contribution in [1.82, 2.24) is 4.72 Å². The van der Waals surface area contributed by atoms with Gasteiger partial charge < -0.3 is 14.4 Å². The number of anilines is 1. The van der Waals surface area contributed by atoms with Crippen molar-refractivity contribution in [3.05, 3.63) is 58.1 Å². The molecule has 1 amide bonds. The van der Waals surface area contributed by atoms with Crippen molar-refractivity contribution in [3.63, 3.8) is 0 Å². The number of carbonyl (C=O) groups is 1. The lowest BCUT2D eigenvalue weighted by atomic mass is 9.65. The molecule has 5 aliphatic rings. The molecular weight excluding hydrogens is 556 g/mol. The molecule has 0 aromatic heterocycles. The molecule has 0 saturated heterocycles. The van der Waals surface area contributed by atoms with Crippen molar-refractivity contribution >= 4 is 38.8 Å². The van der Waals surface area contributed by atoms with Crippen LogP contribution in [0.1, 0.15) is 72.9 Å². The maximum atomic E-state index is 13.9. The van der Waals surface area contributed by atoms with E-state index in [-0.39, 0.29) is 22.7 Å². The van der Waals surface area contributed by atoms with Crippen molar-refractivity contribution in [2.75, 3.05) is 31.7 Å². The van der Waals surface area contributed by atoms with Crippen LogP contribution in [0.3, 0.4) is 0 Å². The Morgan fingerprint density at radius 1 is 1.12 bits per heavy atom. The summed E-state index contributed by atoms with van der Waals surface area (Å²) in [7, 11) is -0.977. The zero-order valence-electron chi connectivity index (χ0n) is 23.9. The summed E-state index contributed by atoms with van der Waals surface area (Å²) in [6, 6.07) is 12.0. The highest BCUT2D eigenvalue weighted by Gasteiger charge is 2.47. The van der Waals surface area contributed by atoms with E-state index in [1.54, 1.807) is 6.07 Å². The van der Waals surface area contributed by atoms with Gasteiger partial charge in [-0.1, -0.05) is 24.1 Å². The lowest BCUT2D eigenvalue weighted by Crippen LogP contribution is -2.51. The van der Waals surface area contributed by atoms with Gasteiger partial charge in [-0.3, -0.25) is 9.52 Å². The molecule has 2 fully saturated rings. The second-order valence-corrected chi connectivity index (χ2v) is 16.0. The van der Waals surface area contributed by atoms with Gasteiger partial charge in [-0.05, 0) is 116 Å². The molecule has 3 aliphatic carbocycles. The topological polar surface area (TPSA) is 67.9 Å². The molecule has 1 unspecified atom stereocenters. The maximum Gasteiger partial charge on any atom is 0.262 e. The van der Waals surface area contributed by atoms with Gasteiger partial charge in [0.15, 0.2) is 0 Å². The summed E-state index contributed by atoms with van der Waals surface area (Å²) in [6.07, 6.45) is 9.29. The molecule has 2 heterocycles. The van der Waals surface area contributed by atoms with E-state index in [1.807, 2.05) is 25.3 Å². The second kappa shape index (κ2) is 10.5. The second-order valence-electron chi connectivity index (χ2n) is 13.2. The number of hydrogen-bond acceptors (Lipinski definition) is 5. The molecule has 4 bridgehead atoms. The van der Waals surface area contributed by atoms with Gasteiger partial charge in [-0.15, -0.1) is 0 Å². The normalized spacial score (nSPS) is 36.5. The highest BCUT2D eigenvalue weighted by molar-refractivity contribution is 7.99. The fraction of sp³-hybridized carbons (Fsp3) is 0.576. The smallest absolute Gasteiger partial charge is 0.262 e. The largest absolute Gasteiger partial charge is 0.490 e. The Kier molecular flexibility index (Phi) is 7.07. The van der Waals surface area contributed by atoms with Crippen LogP contribution in [0.25, 0.3) is 0 Å². The third-order valence-electron chi connectivity index (χ3n) is 10.9. The standard InChI is InChI=1S/C33H41ClN2O4S/c1-39-31-22-5-3-7-26(16-22)41(2,38)35-32(37)23-9-13-30-29(17-23)36(18-24-8-11-27(24)31)19-33(20-40-30)14-4-6-21-15-25(34)10-12-28(21)33/h9-10,12-13,15,17,22,24,26-27,31H,2-8,11,14,16,18-20H2,1H3,(H,35,37,38)/t22-,24+,26-,27-,31+,33+,41?/m1/s1. The summed E-state index contributed by atoms with van der Waals surface area (Å²) in [6.45, 7) is 2.30. The minimum absolute atomic E-state index is 0.130. The Balaban J connectivity index is 1.32. The molecule has 8 heteroatoms. The number of amides is 1. The molecule has 0 radical (unpaired) electrons. The number of ether oxygens (including phenoxy) is 2. The quantitative estimate of drug-likeness (QED) is 0.422. The Hall–Kier alpha value is -2.22. The first-order valence-corrected chi connectivity index (χ1v) is 17.4. The van der Waals surface area contributed by atoms with E-state index >= 15 is 0 Å². The third-order valence-corrected chi connectivity index (χ3v) is 13.1. The number of rotatable bonds is 1. The van der Waals surface area contributed by atoms with E-state index < -0.39 is 9.71 Å². The first-order chi connectivity index (χ1) is 19.8. The van der Waals surface area contributed by atoms with E-state index in [2.05, 4.69) is 27.6 Å². The minimum Gasteiger partial charge on any atom is -0.490 e. The minimum atomic E-state index is -2.82. The zero-order chi connectivity index (χ0) is 28.4. The van der Waals surface area contributed by atoms with E-state index in [4.69, 9.17) is 21.1 Å². The number of carbonyl (C=O) groups excluding carboxylic acids is 1. The molecule has 2 saturated carbocycles. The van der Waals surface area contributed by atoms with E-state index in [1.165, 1.54) is 17.5 Å². The summed E-state index contributed by atoms with van der Waals surface area (Å²) in [5.41, 5.74) is 3.94. The molecule has 41 heavy (non-hydrogen) atoms. The molecular formula is C33H41ClN2O4S. The van der Waals surface area contributed by atoms with Crippen LogP contribution < -0.4 is 14.4 Å². The van der Waals surface area contributed by atoms with Gasteiger partial charge in [0.05, 0.1) is 28.1 Å². The number of benzene rings is 2. The summed E-state index contributed by atoms with van der Waals surface area (Å²) in [5.74, 6) is 5.84. The molecule has 6 nitrogen and oxygen atoms in total. The molecule has 1 spiro atoms. The first kappa shape index (κ1) is 27.6. The summed E-state index contributed by atoms with van der Waals surface area (Å²) in [4.78, 5) is 16.0. The maximum absolute atomic E-state index is 13.9. The molecule has 220 valence electrons. The van der Waals surface area contributed by atoms with Crippen LogP contribution in [0.2, 0.25) is 5.02 Å². The lowest BCUT2D eigenvalue weighted by molar-refractivity contribution is -0.0588. The number of methoxy groups -OCH3 is 1. The zero-order valence-corrected chi connectivity index (χ0v) is 25.5. The van der Waals surface area contributed by atoms with Crippen molar-refractivity contribution in [2.45, 2.75) is 74.6 Å². The van der Waals surface area contributed by atoms with Gasteiger partial charge in [0.1, 0.15) is 5.75 Å². The summed E-state index contributed by atoms with van der Waals surface area (Å²) < 4.78 is 29.6. The molecule has 7 rings (SSSR count). The Morgan fingerprint density at radius 2 is 2.00 bits per heavy atom. The van der Waals surface area contributed by atoms with Gasteiger partial charge in [0.2, 0.25) is 0 Å². The highest BCUT2D eigenvalue weighted by atomic mass is 35.5. The average molecular weight is 597 g/mol. The SMILES string of the molecule is C=S1(=O)NC(=O)c2ccc3c(c2)N(C[C@@H]2CC[C@H]2[C@@H](OC)[C@@H]2CCC[C@@H]1C2)C[C@@]1(CCCc2cc(Cl)ccc21)CO3. The van der Waals surface area contributed by atoms with Gasteiger partial charge >= 0.3 is 0 Å². The van der Waals surface area contributed by atoms with Crippen LogP contribution >= 0.6 is 11.6 Å². The number of nitrogens with one attached hydrogen (secondary N) is 1. The van der Waals surface area contributed by atoms with Gasteiger partial charge in [0, 0.05) is 41.5 Å². The van der Waals surface area contributed by atoms with Crippen molar-refractivity contribution in [3.8, 4) is 5.75 Å². The Bertz CT molecular complexity index is 1460. The van der Waals surface area contributed by atoms with Crippen LogP contribution in [-0.2, 0) is 26.3 Å². The van der Waals surface area contributed by atoms with Gasteiger partial charge in [-0.25, -0.2) is 4.21 Å². The number of aryl methyl sites for hydroxylation is 1. The predicted octanol–water partition coefficient (Wildman–Crippen LogP) is 5.79. The van der Waals surface area contributed by atoms with Crippen LogP contribution in [0, 0.1) is 17.8 Å². The van der Waals surface area contributed by atoms with Crippen molar-refractivity contribution < 1.29 is 18.5 Å². The molecule has 2 aromatic rings. The number of hydrogen-bond donors (Lipinski definition) is 1. The van der Waals surface area contributed by atoms with Gasteiger partial charge in [-0.2, -0.15) is 0 Å². The molecule has 2 aliphatic heterocycles. The van der Waals surface area contributed by atoms with Crippen LogP contribution in [0.4, 0.5) is 5.69 Å². The summed E-state index contributed by atoms with van der Waals surface area (Å²) in [5, 5.41) is 0.646. The molecule has 7 atom stereocenters. The summed E-state index contributed by atoms with van der Waals surface area (Å²) >= 11 is 6.42. The van der Waals surface area contributed by atoms with E-state index in [9.17, 15) is 9.00 Å². The van der Waals surface area contributed by atoms with Crippen LogP contribution in [0.5, 0.6) is 5.75 Å². The highest BCUT2D eigenvalue weighted by Crippen LogP contribution is 2.48. The van der Waals surface area contributed by atoms with Crippen molar-refractivity contribution in [1.29, 1.82) is 0 Å². The van der Waals surface area contributed by atoms with E-state index in [0.29, 0.717) is 29.9 Å².